The Morgan fingerprint density at radius 3 is 2.60 bits per heavy atom. The first-order chi connectivity index (χ1) is 4.58. The Morgan fingerprint density at radius 2 is 2.20 bits per heavy atom. The lowest BCUT2D eigenvalue weighted by atomic mass is 10.4. The molecule has 0 saturated carbocycles. The second-order valence-electron chi connectivity index (χ2n) is 2.13. The predicted molar refractivity (Wildman–Crippen MR) is 34.9 cm³/mol. The van der Waals surface area contributed by atoms with Crippen LogP contribution in [0, 0.1) is 0 Å². The molecule has 0 bridgehead atoms. The van der Waals surface area contributed by atoms with Gasteiger partial charge in [-0.25, -0.2) is 0 Å². The average molecular weight is 171 g/mol. The Hall–Kier alpha value is 0.100. The van der Waals surface area contributed by atoms with E-state index in [-0.39, 0.29) is 0 Å². The summed E-state index contributed by atoms with van der Waals surface area (Å²) in [6, 6.07) is 0. The smallest absolute Gasteiger partial charge is 0.304 e. The molecule has 0 radical (unpaired) electrons. The van der Waals surface area contributed by atoms with Gasteiger partial charge in [0.05, 0.1) is 11.8 Å². The molecule has 10 heavy (non-hydrogen) atoms. The number of nitrogens with one attached hydrogen (secondary N) is 1. The minimum absolute atomic E-state index is 0.403. The van der Waals surface area contributed by atoms with Crippen LogP contribution in [0.15, 0.2) is 0 Å². The third-order valence-corrected chi connectivity index (χ3v) is 2.39. The van der Waals surface area contributed by atoms with Gasteiger partial charge in [-0.2, -0.15) is 13.2 Å². The standard InChI is InChI=1S/C5H8F3NS/c6-5(7,8)3-4-9-1-2-10-4/h4,9H,1-3H2. The van der Waals surface area contributed by atoms with Crippen LogP contribution in [0.2, 0.25) is 0 Å². The second-order valence-corrected chi connectivity index (χ2v) is 3.44. The van der Waals surface area contributed by atoms with Crippen LogP contribution in [-0.4, -0.2) is 23.8 Å². The highest BCUT2D eigenvalue weighted by Crippen LogP contribution is 2.28. The summed E-state index contributed by atoms with van der Waals surface area (Å²) in [5.74, 6) is 0.792. The minimum atomic E-state index is -4.02. The van der Waals surface area contributed by atoms with Crippen LogP contribution >= 0.6 is 11.8 Å². The van der Waals surface area contributed by atoms with Gasteiger partial charge in [-0.1, -0.05) is 0 Å². The summed E-state index contributed by atoms with van der Waals surface area (Å²) in [6.45, 7) is 0.700. The van der Waals surface area contributed by atoms with Crippen molar-refractivity contribution in [1.29, 1.82) is 0 Å². The number of hydrogen-bond donors (Lipinski definition) is 1. The van der Waals surface area contributed by atoms with Gasteiger partial charge in [0.1, 0.15) is 0 Å². The van der Waals surface area contributed by atoms with E-state index in [1.807, 2.05) is 0 Å². The van der Waals surface area contributed by atoms with E-state index in [4.69, 9.17) is 0 Å². The number of hydrogen-bond acceptors (Lipinski definition) is 2. The first-order valence-corrected chi connectivity index (χ1v) is 4.04. The monoisotopic (exact) mass is 171 g/mol. The molecule has 1 saturated heterocycles. The molecule has 1 aliphatic heterocycles. The van der Waals surface area contributed by atoms with Crippen molar-refractivity contribution < 1.29 is 13.2 Å². The lowest BCUT2D eigenvalue weighted by Gasteiger charge is -2.11. The summed E-state index contributed by atoms with van der Waals surface area (Å²) in [6.07, 6.45) is -4.73. The zero-order chi connectivity index (χ0) is 7.61. The van der Waals surface area contributed by atoms with Gasteiger partial charge in [0.15, 0.2) is 0 Å². The molecule has 0 spiro atoms. The van der Waals surface area contributed by atoms with Gasteiger partial charge in [-0.15, -0.1) is 11.8 Å². The molecule has 0 aromatic carbocycles. The highest BCUT2D eigenvalue weighted by Gasteiger charge is 2.33. The van der Waals surface area contributed by atoms with Gasteiger partial charge in [0, 0.05) is 12.3 Å². The van der Waals surface area contributed by atoms with Crippen molar-refractivity contribution in [2.75, 3.05) is 12.3 Å². The Balaban J connectivity index is 2.24. The molecule has 0 aromatic rings. The van der Waals surface area contributed by atoms with E-state index in [0.717, 1.165) is 5.75 Å². The molecule has 0 aromatic heterocycles. The highest BCUT2D eigenvalue weighted by molar-refractivity contribution is 8.00. The van der Waals surface area contributed by atoms with Crippen molar-refractivity contribution in [1.82, 2.24) is 5.32 Å². The van der Waals surface area contributed by atoms with E-state index in [1.54, 1.807) is 0 Å². The maximum Gasteiger partial charge on any atom is 0.391 e. The number of halogens is 3. The molecule has 1 nitrogen and oxygen atoms in total. The Labute approximate surface area is 61.4 Å². The molecule has 0 amide bonds. The van der Waals surface area contributed by atoms with Crippen LogP contribution in [0.3, 0.4) is 0 Å². The summed E-state index contributed by atoms with van der Waals surface area (Å²) in [7, 11) is 0. The lowest BCUT2D eigenvalue weighted by molar-refractivity contribution is -0.135. The SMILES string of the molecule is FC(F)(F)CC1NCCS1. The van der Waals surface area contributed by atoms with Crippen LogP contribution in [0.25, 0.3) is 0 Å². The molecule has 1 unspecified atom stereocenters. The van der Waals surface area contributed by atoms with Crippen LogP contribution in [0.1, 0.15) is 6.42 Å². The Bertz CT molecular complexity index is 108. The van der Waals surface area contributed by atoms with Gasteiger partial charge in [0.2, 0.25) is 0 Å². The van der Waals surface area contributed by atoms with E-state index < -0.39 is 18.0 Å². The van der Waals surface area contributed by atoms with Gasteiger partial charge in [0.25, 0.3) is 0 Å². The molecule has 1 atom stereocenters. The van der Waals surface area contributed by atoms with E-state index in [0.29, 0.717) is 6.54 Å². The fourth-order valence-corrected chi connectivity index (χ4v) is 1.88. The van der Waals surface area contributed by atoms with E-state index >= 15 is 0 Å². The maximum atomic E-state index is 11.7. The van der Waals surface area contributed by atoms with E-state index in [1.165, 1.54) is 11.8 Å². The van der Waals surface area contributed by atoms with Gasteiger partial charge >= 0.3 is 6.18 Å². The topological polar surface area (TPSA) is 12.0 Å². The van der Waals surface area contributed by atoms with E-state index in [9.17, 15) is 13.2 Å². The van der Waals surface area contributed by atoms with Crippen LogP contribution in [0.4, 0.5) is 13.2 Å². The third kappa shape index (κ3) is 2.79. The fourth-order valence-electron chi connectivity index (χ4n) is 0.821. The van der Waals surface area contributed by atoms with Gasteiger partial charge in [-0.3, -0.25) is 0 Å². The van der Waals surface area contributed by atoms with E-state index in [2.05, 4.69) is 5.32 Å². The summed E-state index contributed by atoms with van der Waals surface area (Å²) in [4.78, 5) is 0. The zero-order valence-corrected chi connectivity index (χ0v) is 6.06. The summed E-state index contributed by atoms with van der Waals surface area (Å²) >= 11 is 1.34. The molecule has 0 aliphatic carbocycles. The molecular formula is C5H8F3NS. The van der Waals surface area contributed by atoms with Crippen molar-refractivity contribution in [3.63, 3.8) is 0 Å². The first-order valence-electron chi connectivity index (χ1n) is 3.00. The van der Waals surface area contributed by atoms with Gasteiger partial charge < -0.3 is 5.32 Å². The molecule has 5 heteroatoms. The minimum Gasteiger partial charge on any atom is -0.304 e. The van der Waals surface area contributed by atoms with Crippen LogP contribution in [-0.2, 0) is 0 Å². The normalized spacial score (nSPS) is 27.3. The largest absolute Gasteiger partial charge is 0.391 e. The van der Waals surface area contributed by atoms with Crippen molar-refractivity contribution in [2.24, 2.45) is 0 Å². The number of thioether (sulfide) groups is 1. The molecule has 1 heterocycles. The highest BCUT2D eigenvalue weighted by atomic mass is 32.2. The lowest BCUT2D eigenvalue weighted by Crippen LogP contribution is -2.26. The summed E-state index contributed by atoms with van der Waals surface area (Å²) in [5.41, 5.74) is 0. The van der Waals surface area contributed by atoms with Gasteiger partial charge in [-0.05, 0) is 0 Å². The molecule has 1 rings (SSSR count). The Morgan fingerprint density at radius 1 is 1.50 bits per heavy atom. The third-order valence-electron chi connectivity index (χ3n) is 1.21. The summed E-state index contributed by atoms with van der Waals surface area (Å²) < 4.78 is 35.0. The second kappa shape index (κ2) is 3.00. The number of rotatable bonds is 1. The maximum absolute atomic E-state index is 11.7. The van der Waals surface area contributed by atoms with Crippen molar-refractivity contribution in [2.45, 2.75) is 18.0 Å². The number of alkyl halides is 3. The van der Waals surface area contributed by atoms with Crippen molar-refractivity contribution in [3.8, 4) is 0 Å². The molecular weight excluding hydrogens is 163 g/mol. The van der Waals surface area contributed by atoms with Crippen molar-refractivity contribution >= 4 is 11.8 Å². The molecule has 60 valence electrons. The van der Waals surface area contributed by atoms with Crippen LogP contribution in [0.5, 0.6) is 0 Å². The van der Waals surface area contributed by atoms with Crippen LogP contribution < -0.4 is 5.32 Å². The Kier molecular flexibility index (Phi) is 2.46. The molecule has 1 N–H and O–H groups in total. The average Bonchev–Trinajstić information content (AvgIpc) is 2.12. The quantitative estimate of drug-likeness (QED) is 0.643. The molecule has 1 fully saturated rings. The first kappa shape index (κ1) is 8.20. The predicted octanol–water partition coefficient (Wildman–Crippen LogP) is 1.60. The zero-order valence-electron chi connectivity index (χ0n) is 5.24. The molecule has 1 aliphatic rings. The fraction of sp³-hybridized carbons (Fsp3) is 1.00. The van der Waals surface area contributed by atoms with Crippen molar-refractivity contribution in [3.05, 3.63) is 0 Å². The summed E-state index contributed by atoms with van der Waals surface area (Å²) in [5, 5.41) is 2.35.